The Morgan fingerprint density at radius 2 is 1.62 bits per heavy atom. The summed E-state index contributed by atoms with van der Waals surface area (Å²) in [5.74, 6) is -0.181. The number of hydrogen-bond acceptors (Lipinski definition) is 3. The third kappa shape index (κ3) is 3.69. The van der Waals surface area contributed by atoms with Crippen molar-refractivity contribution >= 4 is 11.6 Å². The van der Waals surface area contributed by atoms with Crippen molar-refractivity contribution in [3.8, 4) is 5.75 Å². The molecule has 0 saturated carbocycles. The second kappa shape index (κ2) is 6.22. The second-order valence-electron chi connectivity index (χ2n) is 4.98. The number of hydrogen-bond donors (Lipinski definition) is 2. The molecule has 0 aliphatic rings. The summed E-state index contributed by atoms with van der Waals surface area (Å²) in [5.41, 5.74) is 7.09. The first-order valence-electron chi connectivity index (χ1n) is 6.68. The largest absolute Gasteiger partial charge is 0.508 e. The Hall–Kier alpha value is -2.62. The van der Waals surface area contributed by atoms with Gasteiger partial charge in [-0.1, -0.05) is 12.1 Å². The molecule has 0 radical (unpaired) electrons. The second-order valence-corrected chi connectivity index (χ2v) is 4.98. The molecule has 2 rings (SSSR count). The Labute approximate surface area is 124 Å². The SMILES string of the molecule is C/C(=N\NC(=O)c1ccc(O)cc1)c1ccc(C)c(C)c1. The summed E-state index contributed by atoms with van der Waals surface area (Å²) >= 11 is 0. The summed E-state index contributed by atoms with van der Waals surface area (Å²) < 4.78 is 0. The van der Waals surface area contributed by atoms with Gasteiger partial charge >= 0.3 is 0 Å². The fraction of sp³-hybridized carbons (Fsp3) is 0.176. The average Bonchev–Trinajstić information content (AvgIpc) is 2.48. The van der Waals surface area contributed by atoms with Gasteiger partial charge in [0.1, 0.15) is 5.75 Å². The number of aryl methyl sites for hydroxylation is 2. The van der Waals surface area contributed by atoms with E-state index >= 15 is 0 Å². The number of hydrazone groups is 1. The first kappa shape index (κ1) is 14.8. The van der Waals surface area contributed by atoms with Crippen LogP contribution in [-0.2, 0) is 0 Å². The molecule has 0 aliphatic heterocycles. The van der Waals surface area contributed by atoms with Crippen LogP contribution in [0.5, 0.6) is 5.75 Å². The minimum Gasteiger partial charge on any atom is -0.508 e. The number of rotatable bonds is 3. The van der Waals surface area contributed by atoms with Crippen molar-refractivity contribution in [3.05, 3.63) is 64.7 Å². The predicted molar refractivity (Wildman–Crippen MR) is 83.7 cm³/mol. The standard InChI is InChI=1S/C17H18N2O2/c1-11-4-5-15(10-12(11)2)13(3)18-19-17(21)14-6-8-16(20)9-7-14/h4-10,20H,1-3H3,(H,19,21)/b18-13+. The lowest BCUT2D eigenvalue weighted by molar-refractivity contribution is 0.0955. The van der Waals surface area contributed by atoms with Crippen LogP contribution in [-0.4, -0.2) is 16.7 Å². The van der Waals surface area contributed by atoms with E-state index in [1.165, 1.54) is 23.3 Å². The van der Waals surface area contributed by atoms with Crippen LogP contribution in [0, 0.1) is 13.8 Å². The van der Waals surface area contributed by atoms with Gasteiger partial charge in [-0.05, 0) is 67.8 Å². The van der Waals surface area contributed by atoms with E-state index in [9.17, 15) is 9.90 Å². The molecule has 0 aromatic heterocycles. The normalized spacial score (nSPS) is 11.3. The van der Waals surface area contributed by atoms with Crippen molar-refractivity contribution in [1.29, 1.82) is 0 Å². The molecule has 0 bridgehead atoms. The lowest BCUT2D eigenvalue weighted by Crippen LogP contribution is -2.19. The van der Waals surface area contributed by atoms with Crippen LogP contribution in [0.2, 0.25) is 0 Å². The van der Waals surface area contributed by atoms with Gasteiger partial charge in [0.15, 0.2) is 0 Å². The van der Waals surface area contributed by atoms with Gasteiger partial charge in [-0.15, -0.1) is 0 Å². The monoisotopic (exact) mass is 282 g/mol. The Bertz CT molecular complexity index is 688. The van der Waals surface area contributed by atoms with Gasteiger partial charge in [-0.2, -0.15) is 5.10 Å². The molecule has 2 aromatic carbocycles. The summed E-state index contributed by atoms with van der Waals surface area (Å²) in [5, 5.41) is 13.3. The zero-order valence-corrected chi connectivity index (χ0v) is 12.3. The number of nitrogens with one attached hydrogen (secondary N) is 1. The molecule has 0 saturated heterocycles. The van der Waals surface area contributed by atoms with Crippen molar-refractivity contribution in [3.63, 3.8) is 0 Å². The minimum atomic E-state index is -0.307. The molecule has 0 heterocycles. The number of carbonyl (C=O) groups excluding carboxylic acids is 1. The number of carbonyl (C=O) groups is 1. The summed E-state index contributed by atoms with van der Waals surface area (Å²) in [7, 11) is 0. The molecule has 1 amide bonds. The molecule has 2 aromatic rings. The van der Waals surface area contributed by atoms with E-state index in [1.54, 1.807) is 12.1 Å². The number of phenolic OH excluding ortho intramolecular Hbond substituents is 1. The Morgan fingerprint density at radius 1 is 1.00 bits per heavy atom. The topological polar surface area (TPSA) is 61.7 Å². The molecule has 4 heteroatoms. The van der Waals surface area contributed by atoms with Crippen molar-refractivity contribution < 1.29 is 9.90 Å². The fourth-order valence-corrected chi connectivity index (χ4v) is 1.84. The molecular formula is C17H18N2O2. The van der Waals surface area contributed by atoms with Gasteiger partial charge < -0.3 is 5.11 Å². The van der Waals surface area contributed by atoms with E-state index in [0.29, 0.717) is 5.56 Å². The summed E-state index contributed by atoms with van der Waals surface area (Å²) in [6.07, 6.45) is 0. The van der Waals surface area contributed by atoms with Crippen molar-refractivity contribution in [2.24, 2.45) is 5.10 Å². The molecule has 0 spiro atoms. The van der Waals surface area contributed by atoms with Crippen LogP contribution in [0.4, 0.5) is 0 Å². The zero-order valence-electron chi connectivity index (χ0n) is 12.3. The maximum atomic E-state index is 11.9. The van der Waals surface area contributed by atoms with Crippen LogP contribution in [0.3, 0.4) is 0 Å². The quantitative estimate of drug-likeness (QED) is 0.671. The number of nitrogens with zero attached hydrogens (tertiary/aromatic N) is 1. The summed E-state index contributed by atoms with van der Waals surface area (Å²) in [6, 6.07) is 12.1. The molecule has 0 fully saturated rings. The first-order chi connectivity index (χ1) is 9.97. The molecular weight excluding hydrogens is 264 g/mol. The van der Waals surface area contributed by atoms with Crippen molar-refractivity contribution in [1.82, 2.24) is 5.43 Å². The van der Waals surface area contributed by atoms with Gasteiger partial charge in [0, 0.05) is 5.56 Å². The molecule has 0 atom stereocenters. The summed E-state index contributed by atoms with van der Waals surface area (Å²) in [4.78, 5) is 11.9. The van der Waals surface area contributed by atoms with Gasteiger partial charge in [0.25, 0.3) is 5.91 Å². The Kier molecular flexibility index (Phi) is 4.38. The van der Waals surface area contributed by atoms with E-state index in [0.717, 1.165) is 11.3 Å². The lowest BCUT2D eigenvalue weighted by atomic mass is 10.0. The highest BCUT2D eigenvalue weighted by molar-refractivity contribution is 6.01. The molecule has 2 N–H and O–H groups in total. The lowest BCUT2D eigenvalue weighted by Gasteiger charge is -2.06. The third-order valence-electron chi connectivity index (χ3n) is 3.38. The highest BCUT2D eigenvalue weighted by atomic mass is 16.3. The average molecular weight is 282 g/mol. The number of amides is 1. The van der Waals surface area contributed by atoms with E-state index in [4.69, 9.17) is 0 Å². The van der Waals surface area contributed by atoms with Gasteiger partial charge in [-0.25, -0.2) is 5.43 Å². The maximum Gasteiger partial charge on any atom is 0.271 e. The van der Waals surface area contributed by atoms with Crippen molar-refractivity contribution in [2.75, 3.05) is 0 Å². The number of phenols is 1. The van der Waals surface area contributed by atoms with E-state index in [1.807, 2.05) is 32.0 Å². The van der Waals surface area contributed by atoms with Gasteiger partial charge in [0.05, 0.1) is 5.71 Å². The molecule has 0 unspecified atom stereocenters. The highest BCUT2D eigenvalue weighted by Gasteiger charge is 2.05. The molecule has 0 aliphatic carbocycles. The van der Waals surface area contributed by atoms with E-state index in [-0.39, 0.29) is 11.7 Å². The number of benzene rings is 2. The van der Waals surface area contributed by atoms with Crippen LogP contribution < -0.4 is 5.43 Å². The third-order valence-corrected chi connectivity index (χ3v) is 3.38. The smallest absolute Gasteiger partial charge is 0.271 e. The van der Waals surface area contributed by atoms with Crippen LogP contribution in [0.25, 0.3) is 0 Å². The number of aromatic hydroxyl groups is 1. The first-order valence-corrected chi connectivity index (χ1v) is 6.68. The molecule has 21 heavy (non-hydrogen) atoms. The molecule has 108 valence electrons. The Morgan fingerprint density at radius 3 is 2.24 bits per heavy atom. The van der Waals surface area contributed by atoms with Gasteiger partial charge in [0.2, 0.25) is 0 Å². The molecule has 4 nitrogen and oxygen atoms in total. The Balaban J connectivity index is 2.10. The summed E-state index contributed by atoms with van der Waals surface area (Å²) in [6.45, 7) is 5.94. The minimum absolute atomic E-state index is 0.126. The zero-order chi connectivity index (χ0) is 15.4. The highest BCUT2D eigenvalue weighted by Crippen LogP contribution is 2.11. The van der Waals surface area contributed by atoms with Crippen LogP contribution in [0.15, 0.2) is 47.6 Å². The van der Waals surface area contributed by atoms with E-state index in [2.05, 4.69) is 17.5 Å². The maximum absolute atomic E-state index is 11.9. The van der Waals surface area contributed by atoms with Gasteiger partial charge in [-0.3, -0.25) is 4.79 Å². The van der Waals surface area contributed by atoms with E-state index < -0.39 is 0 Å². The van der Waals surface area contributed by atoms with Crippen LogP contribution in [0.1, 0.15) is 34.0 Å². The van der Waals surface area contributed by atoms with Crippen molar-refractivity contribution in [2.45, 2.75) is 20.8 Å². The van der Waals surface area contributed by atoms with Crippen LogP contribution >= 0.6 is 0 Å². The predicted octanol–water partition coefficient (Wildman–Crippen LogP) is 3.16. The fourth-order valence-electron chi connectivity index (χ4n) is 1.84.